The molecule has 156 valence electrons. The normalized spacial score (nSPS) is 11.3. The molecule has 4 N–H and O–H groups in total. The number of rotatable bonds is 8. The summed E-state index contributed by atoms with van der Waals surface area (Å²) >= 11 is 13.5. The molecule has 0 bridgehead atoms. The predicted molar refractivity (Wildman–Crippen MR) is 126 cm³/mol. The number of halogens is 2. The highest BCUT2D eigenvalue weighted by Crippen LogP contribution is 2.32. The van der Waals surface area contributed by atoms with Crippen molar-refractivity contribution in [3.05, 3.63) is 87.9 Å². The lowest BCUT2D eigenvalue weighted by Gasteiger charge is -2.13. The number of sulfonamides is 1. The van der Waals surface area contributed by atoms with Gasteiger partial charge in [-0.25, -0.2) is 8.42 Å². The second-order valence-corrected chi connectivity index (χ2v) is 10.0. The molecule has 0 heterocycles. The monoisotopic (exact) mass is 479 g/mol. The molecule has 0 fully saturated rings. The summed E-state index contributed by atoms with van der Waals surface area (Å²) in [4.78, 5) is 0.738. The molecule has 0 unspecified atom stereocenters. The molecule has 0 aromatic heterocycles. The first-order valence-electron chi connectivity index (χ1n) is 8.89. The average molecular weight is 480 g/mol. The van der Waals surface area contributed by atoms with Crippen molar-refractivity contribution in [2.75, 3.05) is 10.5 Å². The summed E-state index contributed by atoms with van der Waals surface area (Å²) in [6, 6.07) is 19.0. The zero-order valence-electron chi connectivity index (χ0n) is 15.7. The third kappa shape index (κ3) is 5.70. The number of nitrogens with one attached hydrogen (secondary N) is 2. The number of anilines is 1. The van der Waals surface area contributed by atoms with Crippen LogP contribution in [-0.2, 0) is 16.4 Å². The van der Waals surface area contributed by atoms with Crippen LogP contribution < -0.4 is 10.5 Å². The standard InChI is InChI=1S/C21H19Cl2N3O2S2/c22-16-9-10-17(23)20(13-16)30(27,28)26-18-3-1-2-4-19(18)29-12-11-14-5-7-15(8-6-14)21(24)25/h1-10,13,26H,11-12H2,(H3,24,25). The van der Waals surface area contributed by atoms with Crippen LogP contribution in [-0.4, -0.2) is 20.0 Å². The van der Waals surface area contributed by atoms with Gasteiger partial charge in [0, 0.05) is 21.2 Å². The van der Waals surface area contributed by atoms with Gasteiger partial charge in [-0.3, -0.25) is 10.1 Å². The Morgan fingerprint density at radius 1 is 1.03 bits per heavy atom. The first-order valence-corrected chi connectivity index (χ1v) is 12.1. The van der Waals surface area contributed by atoms with Crippen LogP contribution in [0.25, 0.3) is 0 Å². The lowest BCUT2D eigenvalue weighted by molar-refractivity contribution is 0.601. The molecular weight excluding hydrogens is 461 g/mol. The summed E-state index contributed by atoms with van der Waals surface area (Å²) < 4.78 is 28.2. The number of nitrogen functional groups attached to an aromatic ring is 1. The van der Waals surface area contributed by atoms with Crippen LogP contribution in [0.3, 0.4) is 0 Å². The molecule has 0 amide bonds. The second kappa shape index (κ2) is 9.75. The van der Waals surface area contributed by atoms with Crippen LogP contribution in [0, 0.1) is 5.41 Å². The summed E-state index contributed by atoms with van der Waals surface area (Å²) in [7, 11) is -3.89. The fraction of sp³-hybridized carbons (Fsp3) is 0.0952. The van der Waals surface area contributed by atoms with Crippen LogP contribution in [0.1, 0.15) is 11.1 Å². The van der Waals surface area contributed by atoms with Gasteiger partial charge in [-0.15, -0.1) is 11.8 Å². The average Bonchev–Trinajstić information content (AvgIpc) is 2.71. The molecule has 3 aromatic rings. The van der Waals surface area contributed by atoms with Gasteiger partial charge in [-0.05, 0) is 42.3 Å². The van der Waals surface area contributed by atoms with Crippen molar-refractivity contribution in [2.45, 2.75) is 16.2 Å². The van der Waals surface area contributed by atoms with Gasteiger partial charge in [0.1, 0.15) is 10.7 Å². The van der Waals surface area contributed by atoms with Crippen LogP contribution in [0.5, 0.6) is 0 Å². The number of amidine groups is 1. The van der Waals surface area contributed by atoms with E-state index in [4.69, 9.17) is 34.3 Å². The summed E-state index contributed by atoms with van der Waals surface area (Å²) in [5, 5.41) is 7.83. The molecule has 0 aliphatic carbocycles. The maximum Gasteiger partial charge on any atom is 0.263 e. The Kier molecular flexibility index (Phi) is 7.31. The zero-order chi connectivity index (χ0) is 21.7. The van der Waals surface area contributed by atoms with Gasteiger partial charge >= 0.3 is 0 Å². The highest BCUT2D eigenvalue weighted by molar-refractivity contribution is 7.99. The van der Waals surface area contributed by atoms with E-state index in [1.165, 1.54) is 18.2 Å². The van der Waals surface area contributed by atoms with Crippen molar-refractivity contribution >= 4 is 56.5 Å². The Balaban J connectivity index is 1.71. The number of hydrogen-bond acceptors (Lipinski definition) is 4. The van der Waals surface area contributed by atoms with E-state index in [1.807, 2.05) is 36.4 Å². The van der Waals surface area contributed by atoms with Crippen molar-refractivity contribution in [2.24, 2.45) is 5.73 Å². The van der Waals surface area contributed by atoms with Gasteiger partial charge in [-0.2, -0.15) is 0 Å². The molecule has 3 aromatic carbocycles. The minimum absolute atomic E-state index is 0.0388. The summed E-state index contributed by atoms with van der Waals surface area (Å²) in [5.41, 5.74) is 7.75. The molecule has 0 spiro atoms. The molecule has 0 saturated heterocycles. The largest absolute Gasteiger partial charge is 0.384 e. The van der Waals surface area contributed by atoms with Gasteiger partial charge in [0.25, 0.3) is 10.0 Å². The van der Waals surface area contributed by atoms with Gasteiger partial charge in [0.15, 0.2) is 0 Å². The Bertz CT molecular complexity index is 1170. The number of benzene rings is 3. The molecule has 0 aliphatic heterocycles. The van der Waals surface area contributed by atoms with E-state index >= 15 is 0 Å². The molecule has 0 saturated carbocycles. The fourth-order valence-corrected chi connectivity index (χ4v) is 5.60. The summed E-state index contributed by atoms with van der Waals surface area (Å²) in [5.74, 6) is 0.785. The van der Waals surface area contributed by atoms with Crippen molar-refractivity contribution in [1.82, 2.24) is 0 Å². The Labute approximate surface area is 190 Å². The maximum atomic E-state index is 12.8. The predicted octanol–water partition coefficient (Wildman–Crippen LogP) is 5.41. The highest BCUT2D eigenvalue weighted by atomic mass is 35.5. The topological polar surface area (TPSA) is 96.0 Å². The quantitative estimate of drug-likeness (QED) is 0.228. The van der Waals surface area contributed by atoms with Crippen molar-refractivity contribution < 1.29 is 8.42 Å². The van der Waals surface area contributed by atoms with Gasteiger partial charge < -0.3 is 5.73 Å². The highest BCUT2D eigenvalue weighted by Gasteiger charge is 2.20. The minimum atomic E-state index is -3.89. The smallest absolute Gasteiger partial charge is 0.263 e. The Morgan fingerprint density at radius 2 is 1.73 bits per heavy atom. The lowest BCUT2D eigenvalue weighted by atomic mass is 10.1. The van der Waals surface area contributed by atoms with Gasteiger partial charge in [-0.1, -0.05) is 59.6 Å². The number of thioether (sulfide) groups is 1. The van der Waals surface area contributed by atoms with Crippen molar-refractivity contribution in [1.29, 1.82) is 5.41 Å². The SMILES string of the molecule is N=C(N)c1ccc(CCSc2ccccc2NS(=O)(=O)c2cc(Cl)ccc2Cl)cc1. The maximum absolute atomic E-state index is 12.8. The van der Waals surface area contributed by atoms with Gasteiger partial charge in [0.05, 0.1) is 10.7 Å². The summed E-state index contributed by atoms with van der Waals surface area (Å²) in [6.07, 6.45) is 0.782. The first kappa shape index (κ1) is 22.5. The molecule has 0 aliphatic rings. The van der Waals surface area contributed by atoms with Crippen LogP contribution in [0.2, 0.25) is 10.0 Å². The van der Waals surface area contributed by atoms with E-state index < -0.39 is 10.0 Å². The molecule has 0 radical (unpaired) electrons. The Morgan fingerprint density at radius 3 is 2.43 bits per heavy atom. The zero-order valence-corrected chi connectivity index (χ0v) is 18.9. The molecule has 3 rings (SSSR count). The van der Waals surface area contributed by atoms with Crippen molar-refractivity contribution in [3.8, 4) is 0 Å². The van der Waals surface area contributed by atoms with E-state index in [0.717, 1.165) is 22.6 Å². The van der Waals surface area contributed by atoms with Crippen molar-refractivity contribution in [3.63, 3.8) is 0 Å². The third-order valence-corrected chi connectivity index (χ3v) is 7.38. The molecule has 0 atom stereocenters. The van der Waals surface area contributed by atoms with E-state index in [0.29, 0.717) is 16.3 Å². The van der Waals surface area contributed by atoms with E-state index in [9.17, 15) is 8.42 Å². The lowest BCUT2D eigenvalue weighted by Crippen LogP contribution is -2.14. The molecular formula is C21H19Cl2N3O2S2. The van der Waals surface area contributed by atoms with Crippen LogP contribution in [0.4, 0.5) is 5.69 Å². The molecule has 30 heavy (non-hydrogen) atoms. The molecule has 5 nitrogen and oxygen atoms in total. The van der Waals surface area contributed by atoms with E-state index in [1.54, 1.807) is 23.9 Å². The molecule has 9 heteroatoms. The Hall–Kier alpha value is -2.19. The van der Waals surface area contributed by atoms with E-state index in [-0.39, 0.29) is 15.8 Å². The first-order chi connectivity index (χ1) is 14.3. The third-order valence-electron chi connectivity index (χ3n) is 4.23. The van der Waals surface area contributed by atoms with Crippen LogP contribution >= 0.6 is 35.0 Å². The fourth-order valence-electron chi connectivity index (χ4n) is 2.69. The van der Waals surface area contributed by atoms with Crippen LogP contribution in [0.15, 0.2) is 76.5 Å². The number of aryl methyl sites for hydroxylation is 1. The number of nitrogens with two attached hydrogens (primary N) is 1. The summed E-state index contributed by atoms with van der Waals surface area (Å²) in [6.45, 7) is 0. The van der Waals surface area contributed by atoms with E-state index in [2.05, 4.69) is 4.72 Å². The second-order valence-electron chi connectivity index (χ2n) is 6.39. The number of para-hydroxylation sites is 1. The van der Waals surface area contributed by atoms with Gasteiger partial charge in [0.2, 0.25) is 0 Å². The number of hydrogen-bond donors (Lipinski definition) is 3. The minimum Gasteiger partial charge on any atom is -0.384 e.